The monoisotopic (exact) mass is 312 g/mol. The van der Waals surface area contributed by atoms with Crippen LogP contribution in [0.5, 0.6) is 0 Å². The number of alkyl halides is 3. The third-order valence-electron chi connectivity index (χ3n) is 3.88. The molecule has 0 bridgehead atoms. The minimum absolute atomic E-state index is 0.0282. The summed E-state index contributed by atoms with van der Waals surface area (Å²) in [5, 5.41) is 6.10. The van der Waals surface area contributed by atoms with Crippen molar-refractivity contribution in [2.24, 2.45) is 17.0 Å². The fourth-order valence-electron chi connectivity index (χ4n) is 2.63. The highest BCUT2D eigenvalue weighted by Crippen LogP contribution is 2.40. The Bertz CT molecular complexity index is 588. The van der Waals surface area contributed by atoms with Crippen molar-refractivity contribution >= 4 is 17.3 Å². The summed E-state index contributed by atoms with van der Waals surface area (Å²) >= 11 is 0. The van der Waals surface area contributed by atoms with Gasteiger partial charge in [-0.1, -0.05) is 23.3 Å². The van der Waals surface area contributed by atoms with Gasteiger partial charge in [0.1, 0.15) is 0 Å². The fraction of sp³-hybridized carbons (Fsp3) is 0.500. The second kappa shape index (κ2) is 6.70. The minimum Gasteiger partial charge on any atom is -0.325 e. The largest absolute Gasteiger partial charge is 0.391 e. The molecule has 22 heavy (non-hydrogen) atoms. The van der Waals surface area contributed by atoms with Gasteiger partial charge in [0.05, 0.1) is 17.3 Å². The smallest absolute Gasteiger partial charge is 0.325 e. The highest BCUT2D eigenvalue weighted by Gasteiger charge is 2.42. The summed E-state index contributed by atoms with van der Waals surface area (Å²) in [6.45, 7) is 0. The lowest BCUT2D eigenvalue weighted by molar-refractivity contribution is -0.184. The van der Waals surface area contributed by atoms with Crippen molar-refractivity contribution in [2.45, 2.75) is 31.9 Å². The number of anilines is 1. The molecule has 2 rings (SSSR count). The van der Waals surface area contributed by atoms with Crippen LogP contribution < -0.4 is 5.32 Å². The number of hydrogen-bond acceptors (Lipinski definition) is 2. The number of carbonyl (C=O) groups is 1. The van der Waals surface area contributed by atoms with Crippen LogP contribution >= 0.6 is 0 Å². The Hall–Kier alpha value is -2.21. The van der Waals surface area contributed by atoms with Crippen molar-refractivity contribution in [3.05, 3.63) is 34.7 Å². The molecule has 1 aromatic rings. The maximum Gasteiger partial charge on any atom is 0.391 e. The molecule has 0 saturated heterocycles. The van der Waals surface area contributed by atoms with E-state index in [4.69, 9.17) is 5.53 Å². The molecule has 1 aliphatic carbocycles. The molecule has 0 unspecified atom stereocenters. The number of amides is 1. The topological polar surface area (TPSA) is 77.9 Å². The van der Waals surface area contributed by atoms with Crippen LogP contribution in [0, 0.1) is 11.8 Å². The molecule has 1 amide bonds. The lowest BCUT2D eigenvalue weighted by Gasteiger charge is -2.29. The molecule has 1 saturated carbocycles. The van der Waals surface area contributed by atoms with Gasteiger partial charge in [-0.05, 0) is 37.3 Å². The van der Waals surface area contributed by atoms with Gasteiger partial charge in [0.25, 0.3) is 0 Å². The number of hydrogen-bond donors (Lipinski definition) is 1. The summed E-state index contributed by atoms with van der Waals surface area (Å²) in [5.41, 5.74) is 9.12. The van der Waals surface area contributed by atoms with Gasteiger partial charge in [-0.3, -0.25) is 4.79 Å². The molecule has 0 aliphatic heterocycles. The normalized spacial score (nSPS) is 21.8. The quantitative estimate of drug-likeness (QED) is 0.479. The van der Waals surface area contributed by atoms with E-state index < -0.39 is 18.0 Å². The lowest BCUT2D eigenvalue weighted by Crippen LogP contribution is -2.32. The maximum atomic E-state index is 12.6. The number of benzene rings is 1. The molecule has 1 aliphatic rings. The van der Waals surface area contributed by atoms with Crippen LogP contribution in [0.1, 0.15) is 25.7 Å². The zero-order chi connectivity index (χ0) is 16.2. The van der Waals surface area contributed by atoms with E-state index in [1.54, 1.807) is 24.3 Å². The predicted octanol–water partition coefficient (Wildman–Crippen LogP) is 4.94. The third kappa shape index (κ3) is 3.92. The third-order valence-corrected chi connectivity index (χ3v) is 3.88. The van der Waals surface area contributed by atoms with E-state index in [1.807, 2.05) is 0 Å². The van der Waals surface area contributed by atoms with E-state index in [1.165, 1.54) is 0 Å². The van der Waals surface area contributed by atoms with Gasteiger partial charge in [-0.2, -0.15) is 13.2 Å². The van der Waals surface area contributed by atoms with Gasteiger partial charge in [-0.25, -0.2) is 0 Å². The first-order valence-corrected chi connectivity index (χ1v) is 6.93. The van der Waals surface area contributed by atoms with Crippen LogP contribution in [0.15, 0.2) is 29.4 Å². The molecule has 0 spiro atoms. The van der Waals surface area contributed by atoms with Gasteiger partial charge < -0.3 is 5.32 Å². The molecule has 118 valence electrons. The first kappa shape index (κ1) is 16.2. The SMILES string of the molecule is [N-]=[N+]=Nc1ccccc1NC(=O)C1CCC(C(F)(F)F)CC1. The summed E-state index contributed by atoms with van der Waals surface area (Å²) in [6, 6.07) is 6.47. The summed E-state index contributed by atoms with van der Waals surface area (Å²) < 4.78 is 37.8. The average molecular weight is 312 g/mol. The number of rotatable bonds is 3. The molecule has 1 N–H and O–H groups in total. The molecule has 8 heteroatoms. The van der Waals surface area contributed by atoms with Crippen LogP contribution in [0.2, 0.25) is 0 Å². The molecule has 0 heterocycles. The van der Waals surface area contributed by atoms with Crippen LogP contribution in [0.3, 0.4) is 0 Å². The van der Waals surface area contributed by atoms with Crippen molar-refractivity contribution in [2.75, 3.05) is 5.32 Å². The Morgan fingerprint density at radius 1 is 1.23 bits per heavy atom. The molecule has 0 radical (unpaired) electrons. The van der Waals surface area contributed by atoms with Crippen LogP contribution in [-0.2, 0) is 4.79 Å². The summed E-state index contributed by atoms with van der Waals surface area (Å²) in [7, 11) is 0. The van der Waals surface area contributed by atoms with Crippen molar-refractivity contribution < 1.29 is 18.0 Å². The van der Waals surface area contributed by atoms with E-state index >= 15 is 0 Å². The molecule has 5 nitrogen and oxygen atoms in total. The van der Waals surface area contributed by atoms with E-state index in [0.29, 0.717) is 5.69 Å². The summed E-state index contributed by atoms with van der Waals surface area (Å²) in [6.07, 6.45) is -3.83. The Morgan fingerprint density at radius 3 is 2.45 bits per heavy atom. The van der Waals surface area contributed by atoms with Gasteiger partial charge >= 0.3 is 6.18 Å². The number of halogens is 3. The Balaban J connectivity index is 1.98. The second-order valence-electron chi connectivity index (χ2n) is 5.29. The fourth-order valence-corrected chi connectivity index (χ4v) is 2.63. The minimum atomic E-state index is -4.18. The van der Waals surface area contributed by atoms with Crippen molar-refractivity contribution in [3.8, 4) is 0 Å². The maximum absolute atomic E-state index is 12.6. The van der Waals surface area contributed by atoms with E-state index in [9.17, 15) is 18.0 Å². The van der Waals surface area contributed by atoms with E-state index in [0.717, 1.165) is 0 Å². The first-order chi connectivity index (χ1) is 10.4. The Kier molecular flexibility index (Phi) is 4.92. The molecular formula is C14H15F3N4O. The number of nitrogens with one attached hydrogen (secondary N) is 1. The van der Waals surface area contributed by atoms with E-state index in [2.05, 4.69) is 15.3 Å². The molecular weight excluding hydrogens is 297 g/mol. The second-order valence-corrected chi connectivity index (χ2v) is 5.29. The average Bonchev–Trinajstić information content (AvgIpc) is 2.49. The lowest BCUT2D eigenvalue weighted by atomic mass is 9.81. The molecule has 0 atom stereocenters. The van der Waals surface area contributed by atoms with Crippen LogP contribution in [-0.4, -0.2) is 12.1 Å². The molecule has 1 aromatic carbocycles. The van der Waals surface area contributed by atoms with Gasteiger partial charge in [0.15, 0.2) is 0 Å². The van der Waals surface area contributed by atoms with E-state index in [-0.39, 0.29) is 37.3 Å². The van der Waals surface area contributed by atoms with Crippen molar-refractivity contribution in [1.29, 1.82) is 0 Å². The number of nitrogens with zero attached hydrogens (tertiary/aromatic N) is 3. The van der Waals surface area contributed by atoms with Gasteiger partial charge in [0.2, 0.25) is 5.91 Å². The first-order valence-electron chi connectivity index (χ1n) is 6.93. The number of carbonyl (C=O) groups excluding carboxylic acids is 1. The van der Waals surface area contributed by atoms with Crippen LogP contribution in [0.4, 0.5) is 24.5 Å². The molecule has 1 fully saturated rings. The van der Waals surface area contributed by atoms with Crippen molar-refractivity contribution in [1.82, 2.24) is 0 Å². The summed E-state index contributed by atoms with van der Waals surface area (Å²) in [5.74, 6) is -2.09. The molecule has 0 aromatic heterocycles. The highest BCUT2D eigenvalue weighted by molar-refractivity contribution is 5.95. The summed E-state index contributed by atoms with van der Waals surface area (Å²) in [4.78, 5) is 14.8. The van der Waals surface area contributed by atoms with Crippen molar-refractivity contribution in [3.63, 3.8) is 0 Å². The number of para-hydroxylation sites is 1. The Morgan fingerprint density at radius 2 is 1.86 bits per heavy atom. The van der Waals surface area contributed by atoms with Gasteiger partial charge in [-0.15, -0.1) is 0 Å². The highest BCUT2D eigenvalue weighted by atomic mass is 19.4. The zero-order valence-electron chi connectivity index (χ0n) is 11.7. The predicted molar refractivity (Wildman–Crippen MR) is 75.4 cm³/mol. The Labute approximate surface area is 125 Å². The zero-order valence-corrected chi connectivity index (χ0v) is 11.7. The number of azide groups is 1. The van der Waals surface area contributed by atoms with Crippen LogP contribution in [0.25, 0.3) is 10.4 Å². The van der Waals surface area contributed by atoms with Gasteiger partial charge in [0, 0.05) is 10.8 Å². The standard InChI is InChI=1S/C14H15F3N4O/c15-14(16,17)10-7-5-9(6-8-10)13(22)19-11-3-1-2-4-12(11)20-21-18/h1-4,9-10H,5-8H2,(H,19,22).